The molecule has 0 fully saturated rings. The molecule has 1 aromatic carbocycles. The van der Waals surface area contributed by atoms with E-state index in [0.717, 1.165) is 12.0 Å². The van der Waals surface area contributed by atoms with Crippen LogP contribution in [-0.4, -0.2) is 31.5 Å². The van der Waals surface area contributed by atoms with Crippen LogP contribution < -0.4 is 5.32 Å². The number of hydrogen-bond donors (Lipinski definition) is 1. The monoisotopic (exact) mass is 269 g/mol. The van der Waals surface area contributed by atoms with Gasteiger partial charge in [-0.05, 0) is 18.9 Å². The molecule has 0 saturated carbocycles. The van der Waals surface area contributed by atoms with E-state index in [2.05, 4.69) is 5.32 Å². The van der Waals surface area contributed by atoms with E-state index in [1.807, 2.05) is 31.2 Å². The van der Waals surface area contributed by atoms with Crippen LogP contribution in [0.5, 0.6) is 0 Å². The summed E-state index contributed by atoms with van der Waals surface area (Å²) in [4.78, 5) is 11.7. The average molecular weight is 270 g/mol. The number of ether oxygens (including phenoxy) is 1. The van der Waals surface area contributed by atoms with Crippen molar-refractivity contribution in [3.63, 3.8) is 0 Å². The van der Waals surface area contributed by atoms with E-state index in [4.69, 9.17) is 16.3 Å². The van der Waals surface area contributed by atoms with E-state index >= 15 is 0 Å². The summed E-state index contributed by atoms with van der Waals surface area (Å²) in [5, 5.41) is 2.81. The summed E-state index contributed by atoms with van der Waals surface area (Å²) in [5.41, 5.74) is 2.20. The first-order valence-corrected chi connectivity index (χ1v) is 6.50. The van der Waals surface area contributed by atoms with Crippen molar-refractivity contribution in [2.24, 2.45) is 0 Å². The second kappa shape index (κ2) is 8.11. The van der Waals surface area contributed by atoms with E-state index < -0.39 is 0 Å². The second-order valence-corrected chi connectivity index (χ2v) is 4.97. The molecule has 3 nitrogen and oxygen atoms in total. The number of methoxy groups -OCH3 is 1. The van der Waals surface area contributed by atoms with Gasteiger partial charge in [0.25, 0.3) is 0 Å². The largest absolute Gasteiger partial charge is 0.383 e. The maximum atomic E-state index is 11.7. The standard InChI is InChI=1S/C14H20ClNO2/c1-11-4-3-5-12(8-11)9-14(17)16-7-6-13(15)10-18-2/h3-5,8,13H,6-7,9-10H2,1-2H3,(H,16,17). The smallest absolute Gasteiger partial charge is 0.224 e. The van der Waals surface area contributed by atoms with Gasteiger partial charge >= 0.3 is 0 Å². The van der Waals surface area contributed by atoms with Gasteiger partial charge in [-0.1, -0.05) is 29.8 Å². The Kier molecular flexibility index (Phi) is 6.76. The molecule has 100 valence electrons. The van der Waals surface area contributed by atoms with Crippen LogP contribution in [0.1, 0.15) is 17.5 Å². The normalized spacial score (nSPS) is 12.2. The van der Waals surface area contributed by atoms with E-state index in [1.54, 1.807) is 7.11 Å². The Labute approximate surface area is 113 Å². The maximum absolute atomic E-state index is 11.7. The van der Waals surface area contributed by atoms with Gasteiger partial charge in [-0.25, -0.2) is 0 Å². The molecular formula is C14H20ClNO2. The zero-order valence-electron chi connectivity index (χ0n) is 10.9. The minimum Gasteiger partial charge on any atom is -0.383 e. The number of alkyl halides is 1. The van der Waals surface area contributed by atoms with Crippen LogP contribution in [0, 0.1) is 6.92 Å². The van der Waals surface area contributed by atoms with Gasteiger partial charge in [0.05, 0.1) is 18.4 Å². The summed E-state index contributed by atoms with van der Waals surface area (Å²) in [5.74, 6) is 0.0295. The van der Waals surface area contributed by atoms with Crippen molar-refractivity contribution in [3.05, 3.63) is 35.4 Å². The molecule has 0 aromatic heterocycles. The zero-order chi connectivity index (χ0) is 13.4. The Balaban J connectivity index is 2.25. The fourth-order valence-electron chi connectivity index (χ4n) is 1.70. The Hall–Kier alpha value is -1.06. The highest BCUT2D eigenvalue weighted by Crippen LogP contribution is 2.05. The highest BCUT2D eigenvalue weighted by molar-refractivity contribution is 6.20. The molecule has 0 spiro atoms. The molecular weight excluding hydrogens is 250 g/mol. The third-order valence-corrected chi connectivity index (χ3v) is 2.92. The molecule has 1 unspecified atom stereocenters. The summed E-state index contributed by atoms with van der Waals surface area (Å²) in [6, 6.07) is 7.96. The molecule has 0 bridgehead atoms. The number of benzene rings is 1. The van der Waals surface area contributed by atoms with Crippen LogP contribution in [0.4, 0.5) is 0 Å². The van der Waals surface area contributed by atoms with Crippen molar-refractivity contribution in [2.75, 3.05) is 20.3 Å². The van der Waals surface area contributed by atoms with Crippen molar-refractivity contribution < 1.29 is 9.53 Å². The molecule has 1 N–H and O–H groups in total. The lowest BCUT2D eigenvalue weighted by atomic mass is 10.1. The fourth-order valence-corrected chi connectivity index (χ4v) is 1.94. The maximum Gasteiger partial charge on any atom is 0.224 e. The summed E-state index contributed by atoms with van der Waals surface area (Å²) in [6.07, 6.45) is 1.13. The molecule has 1 amide bonds. The number of hydrogen-bond acceptors (Lipinski definition) is 2. The van der Waals surface area contributed by atoms with Gasteiger partial charge in [0.15, 0.2) is 0 Å². The Morgan fingerprint density at radius 3 is 2.94 bits per heavy atom. The number of aryl methyl sites for hydroxylation is 1. The fraction of sp³-hybridized carbons (Fsp3) is 0.500. The van der Waals surface area contributed by atoms with Gasteiger partial charge in [0.2, 0.25) is 5.91 Å². The minimum absolute atomic E-state index is 0.0295. The Bertz CT molecular complexity index is 382. The van der Waals surface area contributed by atoms with Gasteiger partial charge in [0, 0.05) is 13.7 Å². The predicted molar refractivity (Wildman–Crippen MR) is 74.0 cm³/mol. The summed E-state index contributed by atoms with van der Waals surface area (Å²) in [7, 11) is 1.62. The van der Waals surface area contributed by atoms with Crippen LogP contribution >= 0.6 is 11.6 Å². The molecule has 4 heteroatoms. The van der Waals surface area contributed by atoms with Crippen molar-refractivity contribution in [3.8, 4) is 0 Å². The molecule has 18 heavy (non-hydrogen) atoms. The summed E-state index contributed by atoms with van der Waals surface area (Å²) >= 11 is 5.97. The first kappa shape index (κ1) is 15.0. The van der Waals surface area contributed by atoms with Crippen molar-refractivity contribution in [2.45, 2.75) is 25.1 Å². The number of halogens is 1. The molecule has 0 radical (unpaired) electrons. The summed E-state index contributed by atoms with van der Waals surface area (Å²) in [6.45, 7) is 3.11. The first-order valence-electron chi connectivity index (χ1n) is 6.07. The third kappa shape index (κ3) is 6.03. The highest BCUT2D eigenvalue weighted by Gasteiger charge is 2.06. The van der Waals surface area contributed by atoms with Crippen LogP contribution in [-0.2, 0) is 16.0 Å². The van der Waals surface area contributed by atoms with E-state index in [1.165, 1.54) is 5.56 Å². The zero-order valence-corrected chi connectivity index (χ0v) is 11.7. The number of carbonyl (C=O) groups is 1. The molecule has 1 rings (SSSR count). The van der Waals surface area contributed by atoms with Gasteiger partial charge in [0.1, 0.15) is 0 Å². The van der Waals surface area contributed by atoms with Crippen LogP contribution in [0.2, 0.25) is 0 Å². The van der Waals surface area contributed by atoms with Crippen molar-refractivity contribution in [1.82, 2.24) is 5.32 Å². The number of carbonyl (C=O) groups excluding carboxylic acids is 1. The molecule has 0 saturated heterocycles. The number of rotatable bonds is 7. The Morgan fingerprint density at radius 2 is 2.28 bits per heavy atom. The molecule has 0 aliphatic heterocycles. The van der Waals surface area contributed by atoms with Gasteiger partial charge in [-0.2, -0.15) is 0 Å². The lowest BCUT2D eigenvalue weighted by molar-refractivity contribution is -0.120. The molecule has 0 aliphatic carbocycles. The lowest BCUT2D eigenvalue weighted by Crippen LogP contribution is -2.28. The number of amides is 1. The van der Waals surface area contributed by atoms with Gasteiger partial charge < -0.3 is 10.1 Å². The molecule has 1 aromatic rings. The SMILES string of the molecule is COCC(Cl)CCNC(=O)Cc1cccc(C)c1. The summed E-state index contributed by atoms with van der Waals surface area (Å²) < 4.78 is 4.93. The van der Waals surface area contributed by atoms with Gasteiger partial charge in [-0.3, -0.25) is 4.79 Å². The minimum atomic E-state index is -0.0470. The van der Waals surface area contributed by atoms with E-state index in [0.29, 0.717) is 19.6 Å². The highest BCUT2D eigenvalue weighted by atomic mass is 35.5. The molecule has 1 atom stereocenters. The first-order chi connectivity index (χ1) is 8.61. The second-order valence-electron chi connectivity index (χ2n) is 4.36. The van der Waals surface area contributed by atoms with Crippen molar-refractivity contribution >= 4 is 17.5 Å². The van der Waals surface area contributed by atoms with Gasteiger partial charge in [-0.15, -0.1) is 11.6 Å². The lowest BCUT2D eigenvalue weighted by Gasteiger charge is -2.09. The average Bonchev–Trinajstić information content (AvgIpc) is 2.29. The van der Waals surface area contributed by atoms with Crippen LogP contribution in [0.25, 0.3) is 0 Å². The Morgan fingerprint density at radius 1 is 1.50 bits per heavy atom. The van der Waals surface area contributed by atoms with Crippen LogP contribution in [0.3, 0.4) is 0 Å². The van der Waals surface area contributed by atoms with E-state index in [-0.39, 0.29) is 11.3 Å². The van der Waals surface area contributed by atoms with Crippen LogP contribution in [0.15, 0.2) is 24.3 Å². The molecule has 0 aliphatic rings. The number of nitrogens with one attached hydrogen (secondary N) is 1. The third-order valence-electron chi connectivity index (χ3n) is 2.57. The van der Waals surface area contributed by atoms with Crippen molar-refractivity contribution in [1.29, 1.82) is 0 Å². The molecule has 0 heterocycles. The quantitative estimate of drug-likeness (QED) is 0.772. The topological polar surface area (TPSA) is 38.3 Å². The predicted octanol–water partition coefficient (Wildman–Crippen LogP) is 2.30. The van der Waals surface area contributed by atoms with E-state index in [9.17, 15) is 4.79 Å².